The summed E-state index contributed by atoms with van der Waals surface area (Å²) in [4.78, 5) is 5.68. The van der Waals surface area contributed by atoms with E-state index in [0.29, 0.717) is 0 Å². The quantitative estimate of drug-likeness (QED) is 0.709. The summed E-state index contributed by atoms with van der Waals surface area (Å²) in [5, 5.41) is 5.71. The summed E-state index contributed by atoms with van der Waals surface area (Å²) >= 11 is 1.82. The molecule has 20 heavy (non-hydrogen) atoms. The summed E-state index contributed by atoms with van der Waals surface area (Å²) in [6, 6.07) is 19.1. The van der Waals surface area contributed by atoms with E-state index in [1.807, 2.05) is 31.1 Å². The Morgan fingerprint density at radius 3 is 2.70 bits per heavy atom. The van der Waals surface area contributed by atoms with Crippen molar-refractivity contribution in [3.8, 4) is 0 Å². The zero-order chi connectivity index (χ0) is 13.8. The van der Waals surface area contributed by atoms with Gasteiger partial charge in [0, 0.05) is 29.6 Å². The van der Waals surface area contributed by atoms with Gasteiger partial charge < -0.3 is 5.32 Å². The molecular formula is C17H16N2S. The zero-order valence-corrected chi connectivity index (χ0v) is 12.2. The standard InChI is InChI=1S/C17H16N2S/c1-18-15-8-9-19-16(11-15)12-20-17-7-6-13-4-2-3-5-14(13)10-17/h2-11H,12H2,1H3,(H,18,19). The van der Waals surface area contributed by atoms with Gasteiger partial charge in [-0.1, -0.05) is 30.3 Å². The molecule has 0 unspecified atom stereocenters. The van der Waals surface area contributed by atoms with Crippen molar-refractivity contribution >= 4 is 28.2 Å². The van der Waals surface area contributed by atoms with Gasteiger partial charge in [0.05, 0.1) is 5.69 Å². The van der Waals surface area contributed by atoms with Crippen LogP contribution in [0.5, 0.6) is 0 Å². The maximum atomic E-state index is 4.40. The number of nitrogens with zero attached hydrogens (tertiary/aromatic N) is 1. The fraction of sp³-hybridized carbons (Fsp3) is 0.118. The molecule has 0 radical (unpaired) electrons. The first kappa shape index (κ1) is 13.0. The van der Waals surface area contributed by atoms with Crippen LogP contribution >= 0.6 is 11.8 Å². The highest BCUT2D eigenvalue weighted by atomic mass is 32.2. The second-order valence-corrected chi connectivity index (χ2v) is 5.63. The first-order valence-electron chi connectivity index (χ1n) is 6.59. The van der Waals surface area contributed by atoms with E-state index in [-0.39, 0.29) is 0 Å². The molecule has 0 spiro atoms. The Morgan fingerprint density at radius 2 is 1.85 bits per heavy atom. The number of anilines is 1. The van der Waals surface area contributed by atoms with Gasteiger partial charge in [-0.25, -0.2) is 0 Å². The largest absolute Gasteiger partial charge is 0.388 e. The van der Waals surface area contributed by atoms with Crippen LogP contribution in [0.3, 0.4) is 0 Å². The minimum atomic E-state index is 0.883. The van der Waals surface area contributed by atoms with Gasteiger partial charge in [-0.3, -0.25) is 4.98 Å². The molecule has 0 saturated heterocycles. The third-order valence-electron chi connectivity index (χ3n) is 3.21. The summed E-state index contributed by atoms with van der Waals surface area (Å²) in [5.41, 5.74) is 2.20. The second-order valence-electron chi connectivity index (χ2n) is 4.58. The first-order valence-corrected chi connectivity index (χ1v) is 7.58. The number of aromatic nitrogens is 1. The number of hydrogen-bond donors (Lipinski definition) is 1. The molecule has 1 heterocycles. The zero-order valence-electron chi connectivity index (χ0n) is 11.3. The number of nitrogens with one attached hydrogen (secondary N) is 1. The minimum absolute atomic E-state index is 0.883. The summed E-state index contributed by atoms with van der Waals surface area (Å²) in [6.45, 7) is 0. The molecule has 0 atom stereocenters. The number of thioether (sulfide) groups is 1. The van der Waals surface area contributed by atoms with E-state index in [2.05, 4.69) is 58.8 Å². The lowest BCUT2D eigenvalue weighted by atomic mass is 10.1. The Morgan fingerprint density at radius 1 is 1.00 bits per heavy atom. The highest BCUT2D eigenvalue weighted by Crippen LogP contribution is 2.26. The van der Waals surface area contributed by atoms with Gasteiger partial charge in [-0.2, -0.15) is 0 Å². The van der Waals surface area contributed by atoms with Crippen molar-refractivity contribution in [1.82, 2.24) is 4.98 Å². The van der Waals surface area contributed by atoms with Gasteiger partial charge in [0.1, 0.15) is 0 Å². The molecule has 0 amide bonds. The molecule has 2 aromatic carbocycles. The van der Waals surface area contributed by atoms with E-state index in [0.717, 1.165) is 17.1 Å². The van der Waals surface area contributed by atoms with Crippen molar-refractivity contribution in [3.63, 3.8) is 0 Å². The summed E-state index contributed by atoms with van der Waals surface area (Å²) in [7, 11) is 1.93. The summed E-state index contributed by atoms with van der Waals surface area (Å²) in [5.74, 6) is 0.883. The maximum absolute atomic E-state index is 4.40. The molecule has 2 nitrogen and oxygen atoms in total. The number of benzene rings is 2. The molecule has 3 heteroatoms. The Kier molecular flexibility index (Phi) is 3.88. The smallest absolute Gasteiger partial charge is 0.0526 e. The molecule has 1 aromatic heterocycles. The van der Waals surface area contributed by atoms with Gasteiger partial charge >= 0.3 is 0 Å². The van der Waals surface area contributed by atoms with Gasteiger partial charge in [-0.15, -0.1) is 11.8 Å². The molecule has 1 N–H and O–H groups in total. The van der Waals surface area contributed by atoms with Crippen LogP contribution in [0.15, 0.2) is 65.7 Å². The number of fused-ring (bicyclic) bond motifs is 1. The van der Waals surface area contributed by atoms with Gasteiger partial charge in [-0.05, 0) is 35.0 Å². The van der Waals surface area contributed by atoms with Crippen molar-refractivity contribution in [2.24, 2.45) is 0 Å². The van der Waals surface area contributed by atoms with Crippen molar-refractivity contribution in [1.29, 1.82) is 0 Å². The van der Waals surface area contributed by atoms with Crippen LogP contribution in [-0.4, -0.2) is 12.0 Å². The lowest BCUT2D eigenvalue weighted by molar-refractivity contribution is 1.17. The number of hydrogen-bond acceptors (Lipinski definition) is 3. The molecule has 0 saturated carbocycles. The van der Waals surface area contributed by atoms with Gasteiger partial charge in [0.2, 0.25) is 0 Å². The van der Waals surface area contributed by atoms with Crippen molar-refractivity contribution < 1.29 is 0 Å². The van der Waals surface area contributed by atoms with Crippen molar-refractivity contribution in [3.05, 3.63) is 66.5 Å². The van der Waals surface area contributed by atoms with E-state index in [4.69, 9.17) is 0 Å². The number of pyridine rings is 1. The van der Waals surface area contributed by atoms with E-state index in [1.165, 1.54) is 15.7 Å². The Labute approximate surface area is 123 Å². The highest BCUT2D eigenvalue weighted by Gasteiger charge is 2.00. The Bertz CT molecular complexity index is 725. The van der Waals surface area contributed by atoms with Crippen LogP contribution in [0.4, 0.5) is 5.69 Å². The van der Waals surface area contributed by atoms with Crippen LogP contribution in [0.1, 0.15) is 5.69 Å². The van der Waals surface area contributed by atoms with Crippen LogP contribution in [0.2, 0.25) is 0 Å². The highest BCUT2D eigenvalue weighted by molar-refractivity contribution is 7.98. The lowest BCUT2D eigenvalue weighted by Crippen LogP contribution is -1.92. The maximum Gasteiger partial charge on any atom is 0.0526 e. The van der Waals surface area contributed by atoms with Crippen molar-refractivity contribution in [2.75, 3.05) is 12.4 Å². The minimum Gasteiger partial charge on any atom is -0.388 e. The van der Waals surface area contributed by atoms with E-state index >= 15 is 0 Å². The summed E-state index contributed by atoms with van der Waals surface area (Å²) in [6.07, 6.45) is 1.85. The average Bonchev–Trinajstić information content (AvgIpc) is 2.53. The van der Waals surface area contributed by atoms with E-state index < -0.39 is 0 Å². The van der Waals surface area contributed by atoms with Gasteiger partial charge in [0.25, 0.3) is 0 Å². The van der Waals surface area contributed by atoms with Crippen LogP contribution in [0, 0.1) is 0 Å². The molecule has 3 aromatic rings. The normalized spacial score (nSPS) is 10.7. The lowest BCUT2D eigenvalue weighted by Gasteiger charge is -2.05. The van der Waals surface area contributed by atoms with E-state index in [9.17, 15) is 0 Å². The van der Waals surface area contributed by atoms with E-state index in [1.54, 1.807) is 0 Å². The SMILES string of the molecule is CNc1ccnc(CSc2ccc3ccccc3c2)c1. The predicted molar refractivity (Wildman–Crippen MR) is 87.3 cm³/mol. The van der Waals surface area contributed by atoms with Crippen LogP contribution < -0.4 is 5.32 Å². The molecule has 3 rings (SSSR count). The Hall–Kier alpha value is -2.00. The number of rotatable bonds is 4. The molecule has 0 aliphatic carbocycles. The summed E-state index contributed by atoms with van der Waals surface area (Å²) < 4.78 is 0. The predicted octanol–water partition coefficient (Wildman–Crippen LogP) is 4.57. The van der Waals surface area contributed by atoms with Crippen molar-refractivity contribution in [2.45, 2.75) is 10.6 Å². The monoisotopic (exact) mass is 280 g/mol. The molecule has 0 bridgehead atoms. The molecule has 0 aliphatic rings. The Balaban J connectivity index is 1.76. The third-order valence-corrected chi connectivity index (χ3v) is 4.24. The van der Waals surface area contributed by atoms with Crippen LogP contribution in [-0.2, 0) is 5.75 Å². The van der Waals surface area contributed by atoms with Gasteiger partial charge in [0.15, 0.2) is 0 Å². The molecule has 0 fully saturated rings. The topological polar surface area (TPSA) is 24.9 Å². The second kappa shape index (κ2) is 5.97. The fourth-order valence-electron chi connectivity index (χ4n) is 2.13. The third kappa shape index (κ3) is 2.94. The molecular weight excluding hydrogens is 264 g/mol. The molecule has 0 aliphatic heterocycles. The first-order chi connectivity index (χ1) is 9.85. The fourth-order valence-corrected chi connectivity index (χ4v) is 2.97. The van der Waals surface area contributed by atoms with Crippen LogP contribution in [0.25, 0.3) is 10.8 Å². The average molecular weight is 280 g/mol. The molecule has 100 valence electrons.